The first kappa shape index (κ1) is 21.1. The average Bonchev–Trinajstić information content (AvgIpc) is 3.20. The Hall–Kier alpha value is -4.11. The monoisotopic (exact) mass is 444 g/mol. The number of pyridine rings is 2. The predicted molar refractivity (Wildman–Crippen MR) is 125 cm³/mol. The summed E-state index contributed by atoms with van der Waals surface area (Å²) in [6.45, 7) is 0. The fourth-order valence-electron chi connectivity index (χ4n) is 3.02. The van der Waals surface area contributed by atoms with Crippen molar-refractivity contribution in [2.24, 2.45) is 10.2 Å². The van der Waals surface area contributed by atoms with Gasteiger partial charge in [0.25, 0.3) is 0 Å². The van der Waals surface area contributed by atoms with Gasteiger partial charge in [-0.3, -0.25) is 4.98 Å². The molecule has 0 aliphatic heterocycles. The number of aromatic nitrogens is 3. The quantitative estimate of drug-likeness (QED) is 0.213. The third kappa shape index (κ3) is 4.79. The topological polar surface area (TPSA) is 101 Å². The molecular formula is C23H20N6O2S. The van der Waals surface area contributed by atoms with Crippen LogP contribution < -0.4 is 19.4 Å². The molecule has 8 nitrogen and oxygen atoms in total. The van der Waals surface area contributed by atoms with E-state index in [2.05, 4.69) is 49.3 Å². The molecule has 0 unspecified atom stereocenters. The zero-order valence-corrected chi connectivity index (χ0v) is 18.3. The second kappa shape index (κ2) is 9.36. The second-order valence-electron chi connectivity index (χ2n) is 7.05. The molecule has 160 valence electrons. The number of thiazole rings is 1. The van der Waals surface area contributed by atoms with Gasteiger partial charge in [-0.2, -0.15) is 15.2 Å². The average molecular weight is 445 g/mol. The first-order valence-corrected chi connectivity index (χ1v) is 10.5. The van der Waals surface area contributed by atoms with Crippen LogP contribution in [0.3, 0.4) is 0 Å². The van der Waals surface area contributed by atoms with Crippen LogP contribution in [-0.2, 0) is 0 Å². The fraction of sp³-hybridized carbons (Fsp3) is 0.0870. The fourth-order valence-corrected chi connectivity index (χ4v) is 3.72. The highest BCUT2D eigenvalue weighted by Gasteiger charge is 2.16. The summed E-state index contributed by atoms with van der Waals surface area (Å²) in [5.41, 5.74) is 3.67. The Morgan fingerprint density at radius 3 is 2.38 bits per heavy atom. The molecule has 0 radical (unpaired) electrons. The van der Waals surface area contributed by atoms with Gasteiger partial charge in [0.1, 0.15) is 4.88 Å². The Labute approximate surface area is 188 Å². The molecule has 0 spiro atoms. The maximum Gasteiger partial charge on any atom is 0.390 e. The normalized spacial score (nSPS) is 11.8. The van der Waals surface area contributed by atoms with E-state index in [1.807, 2.05) is 38.6 Å². The number of hydrogen-bond acceptors (Lipinski definition) is 7. The Morgan fingerprint density at radius 2 is 1.72 bits per heavy atom. The van der Waals surface area contributed by atoms with Gasteiger partial charge in [-0.15, -0.1) is 0 Å². The smallest absolute Gasteiger partial charge is 0.390 e. The van der Waals surface area contributed by atoms with Crippen molar-refractivity contribution in [3.63, 3.8) is 0 Å². The number of H-pyrrole nitrogens is 1. The molecule has 32 heavy (non-hydrogen) atoms. The van der Waals surface area contributed by atoms with Gasteiger partial charge in [-0.25, -0.2) is 9.36 Å². The number of anilines is 1. The van der Waals surface area contributed by atoms with Crippen molar-refractivity contribution in [3.05, 3.63) is 93.4 Å². The van der Waals surface area contributed by atoms with E-state index >= 15 is 0 Å². The Bertz CT molecular complexity index is 1310. The van der Waals surface area contributed by atoms with Gasteiger partial charge in [0.05, 0.1) is 18.6 Å². The highest BCUT2D eigenvalue weighted by molar-refractivity contribution is 7.11. The number of hydrogen-bond donors (Lipinski definition) is 1. The van der Waals surface area contributed by atoms with E-state index < -0.39 is 5.90 Å². The van der Waals surface area contributed by atoms with Gasteiger partial charge in [0.15, 0.2) is 0 Å². The Kier molecular flexibility index (Phi) is 6.18. The van der Waals surface area contributed by atoms with Crippen LogP contribution >= 0.6 is 11.3 Å². The molecule has 0 atom stereocenters. The van der Waals surface area contributed by atoms with Gasteiger partial charge in [0, 0.05) is 38.1 Å². The summed E-state index contributed by atoms with van der Waals surface area (Å²) in [5, 5.41) is 19.6. The van der Waals surface area contributed by atoms with Crippen molar-refractivity contribution in [2.45, 2.75) is 0 Å². The van der Waals surface area contributed by atoms with Crippen LogP contribution in [0.2, 0.25) is 0 Å². The lowest BCUT2D eigenvalue weighted by Crippen LogP contribution is -2.31. The van der Waals surface area contributed by atoms with Gasteiger partial charge < -0.3 is 10.0 Å². The maximum absolute atomic E-state index is 12.0. The molecule has 4 rings (SSSR count). The standard InChI is InChI=1S/C23H20N6O2S/c1-28(2)19-5-3-16(4-6-19)17-9-13-29(14-10-17)21-20(32-23(31)26-21)15-25-27-22(30)18-7-11-24-12-8-18/h3-15H,1-2H3,(H-,24,25,26,27,30,31). The number of benzene rings is 1. The third-order valence-electron chi connectivity index (χ3n) is 4.71. The van der Waals surface area contributed by atoms with Crippen LogP contribution in [0.1, 0.15) is 10.4 Å². The van der Waals surface area contributed by atoms with Crippen LogP contribution in [0.25, 0.3) is 16.9 Å². The van der Waals surface area contributed by atoms with Gasteiger partial charge in [-0.05, 0) is 64.4 Å². The number of nitrogens with zero attached hydrogens (tertiary/aromatic N) is 5. The first-order valence-electron chi connectivity index (χ1n) is 9.72. The van der Waals surface area contributed by atoms with E-state index in [4.69, 9.17) is 0 Å². The molecule has 0 amide bonds. The van der Waals surface area contributed by atoms with E-state index in [9.17, 15) is 9.90 Å². The maximum atomic E-state index is 12.0. The van der Waals surface area contributed by atoms with Crippen molar-refractivity contribution < 1.29 is 9.67 Å². The summed E-state index contributed by atoms with van der Waals surface area (Å²) in [4.78, 5) is 21.0. The molecule has 1 aromatic carbocycles. The lowest BCUT2D eigenvalue weighted by molar-refractivity contribution is -0.599. The predicted octanol–water partition coefficient (Wildman–Crippen LogP) is 1.98. The van der Waals surface area contributed by atoms with Gasteiger partial charge >= 0.3 is 10.7 Å². The van der Waals surface area contributed by atoms with Crippen molar-refractivity contribution in [1.29, 1.82) is 0 Å². The highest BCUT2D eigenvalue weighted by Crippen LogP contribution is 2.21. The number of aromatic amines is 1. The van der Waals surface area contributed by atoms with Crippen LogP contribution in [-0.4, -0.2) is 36.2 Å². The lowest BCUT2D eigenvalue weighted by Gasteiger charge is -2.12. The first-order chi connectivity index (χ1) is 15.5. The zero-order valence-electron chi connectivity index (χ0n) is 17.5. The van der Waals surface area contributed by atoms with E-state index in [1.165, 1.54) is 18.6 Å². The van der Waals surface area contributed by atoms with E-state index in [0.717, 1.165) is 28.2 Å². The summed E-state index contributed by atoms with van der Waals surface area (Å²) in [7, 11) is 4.01. The summed E-state index contributed by atoms with van der Waals surface area (Å²) in [6.07, 6.45) is 8.16. The highest BCUT2D eigenvalue weighted by atomic mass is 32.1. The molecule has 9 heteroatoms. The minimum atomic E-state index is -0.481. The zero-order chi connectivity index (χ0) is 22.5. The Morgan fingerprint density at radius 1 is 1.06 bits per heavy atom. The van der Waals surface area contributed by atoms with Crippen LogP contribution in [0.15, 0.2) is 88.3 Å². The molecule has 0 saturated carbocycles. The van der Waals surface area contributed by atoms with Crippen molar-refractivity contribution in [3.8, 4) is 16.9 Å². The van der Waals surface area contributed by atoms with Gasteiger partial charge in [-0.1, -0.05) is 12.1 Å². The van der Waals surface area contributed by atoms with Gasteiger partial charge in [0.2, 0.25) is 0 Å². The molecule has 0 bridgehead atoms. The molecule has 3 heterocycles. The number of rotatable bonds is 6. The lowest BCUT2D eigenvalue weighted by atomic mass is 10.1. The largest absolute Gasteiger partial charge is 0.857 e. The third-order valence-corrected chi connectivity index (χ3v) is 5.52. The summed E-state index contributed by atoms with van der Waals surface area (Å²) in [6, 6.07) is 15.3. The molecular weight excluding hydrogens is 424 g/mol. The second-order valence-corrected chi connectivity index (χ2v) is 8.06. The molecule has 0 aliphatic carbocycles. The Balaban J connectivity index is 1.56. The molecule has 0 aliphatic rings. The minimum absolute atomic E-state index is 0.224. The van der Waals surface area contributed by atoms with E-state index in [-0.39, 0.29) is 4.87 Å². The SMILES string of the molecule is CN(C)c1ccc(-c2cc[n+](-c3[nH]c(=O)sc3/C=N\N=C(/[O-])c3ccncc3)cc2)cc1. The molecule has 0 fully saturated rings. The minimum Gasteiger partial charge on any atom is -0.857 e. The van der Waals surface area contributed by atoms with Crippen molar-refractivity contribution >= 4 is 29.1 Å². The van der Waals surface area contributed by atoms with Crippen molar-refractivity contribution in [2.75, 3.05) is 19.0 Å². The molecule has 0 saturated heterocycles. The van der Waals surface area contributed by atoms with Crippen LogP contribution in [0.5, 0.6) is 0 Å². The summed E-state index contributed by atoms with van der Waals surface area (Å²) < 4.78 is 1.79. The molecule has 1 N–H and O–H groups in total. The van der Waals surface area contributed by atoms with E-state index in [0.29, 0.717) is 16.3 Å². The molecule has 3 aromatic heterocycles. The van der Waals surface area contributed by atoms with Crippen LogP contribution in [0, 0.1) is 0 Å². The van der Waals surface area contributed by atoms with Crippen molar-refractivity contribution in [1.82, 2.24) is 9.97 Å². The van der Waals surface area contributed by atoms with E-state index in [1.54, 1.807) is 16.7 Å². The van der Waals surface area contributed by atoms with Crippen LogP contribution in [0.4, 0.5) is 5.69 Å². The molecule has 4 aromatic rings. The summed E-state index contributed by atoms with van der Waals surface area (Å²) in [5.74, 6) is 0.0789. The summed E-state index contributed by atoms with van der Waals surface area (Å²) >= 11 is 0.994. The number of nitrogens with one attached hydrogen (secondary N) is 1.